The lowest BCUT2D eigenvalue weighted by Gasteiger charge is -2.89. The molecule has 4 saturated carbocycles. The second-order valence-corrected chi connectivity index (χ2v) is 14.7. The SMILES string of the molecule is Cc1ccc2c3c1cccc3/c(=C\C1C34CC5(CC6C13C(O)[C@]65/C=c1\c3cccc5c(C)ccc(c53)n1C)C4O)n2C. The molecule has 208 valence electrons. The van der Waals surface area contributed by atoms with Gasteiger partial charge >= 0.3 is 0 Å². The topological polar surface area (TPSA) is 50.3 Å². The minimum atomic E-state index is -0.416. The van der Waals surface area contributed by atoms with Gasteiger partial charge in [-0.2, -0.15) is 0 Å². The minimum Gasteiger partial charge on any atom is -0.392 e. The van der Waals surface area contributed by atoms with Crippen LogP contribution in [0, 0.1) is 47.3 Å². The Morgan fingerprint density at radius 1 is 0.738 bits per heavy atom. The Morgan fingerprint density at radius 3 is 1.90 bits per heavy atom. The first-order chi connectivity index (χ1) is 20.3. The Morgan fingerprint density at radius 2 is 1.31 bits per heavy atom. The predicted octanol–water partition coefficient (Wildman–Crippen LogP) is 5.04. The minimum absolute atomic E-state index is 0.163. The molecule has 8 atom stereocenters. The van der Waals surface area contributed by atoms with E-state index in [4.69, 9.17) is 0 Å². The van der Waals surface area contributed by atoms with Crippen LogP contribution in [0.5, 0.6) is 0 Å². The van der Waals surface area contributed by atoms with Crippen molar-refractivity contribution in [2.24, 2.45) is 47.6 Å². The molecule has 4 nitrogen and oxygen atoms in total. The zero-order valence-corrected chi connectivity index (χ0v) is 24.4. The Labute approximate surface area is 243 Å². The fraction of sp³-hybridized carbons (Fsp3) is 0.368. The van der Waals surface area contributed by atoms with Crippen molar-refractivity contribution in [1.82, 2.24) is 9.13 Å². The molecule has 2 N–H and O–H groups in total. The molecule has 4 fully saturated rings. The van der Waals surface area contributed by atoms with E-state index in [2.05, 4.69) is 110 Å². The maximum atomic E-state index is 12.3. The maximum Gasteiger partial charge on any atom is 0.0712 e. The van der Waals surface area contributed by atoms with E-state index in [1.165, 1.54) is 65.2 Å². The van der Waals surface area contributed by atoms with Gasteiger partial charge in [0, 0.05) is 79.0 Å². The molecule has 0 bridgehead atoms. The number of aliphatic hydroxyl groups is 2. The lowest BCUT2D eigenvalue weighted by molar-refractivity contribution is -0.447. The lowest BCUT2D eigenvalue weighted by atomic mass is 9.15. The van der Waals surface area contributed by atoms with Crippen molar-refractivity contribution in [3.8, 4) is 0 Å². The van der Waals surface area contributed by atoms with Gasteiger partial charge in [0.15, 0.2) is 0 Å². The van der Waals surface area contributed by atoms with E-state index >= 15 is 0 Å². The molecule has 6 aromatic rings. The van der Waals surface area contributed by atoms with Gasteiger partial charge in [0.1, 0.15) is 0 Å². The molecule has 0 radical (unpaired) electrons. The highest BCUT2D eigenvalue weighted by Crippen LogP contribution is 3.08. The number of aliphatic hydroxyl groups excluding tert-OH is 2. The van der Waals surface area contributed by atoms with Gasteiger partial charge in [0.05, 0.1) is 12.2 Å². The van der Waals surface area contributed by atoms with Gasteiger partial charge in [-0.05, 0) is 72.6 Å². The Bertz CT molecular complexity index is 2380. The first-order valence-electron chi connectivity index (χ1n) is 15.6. The number of nitrogens with zero attached hydrogens (tertiary/aromatic N) is 2. The number of fused-ring (bicyclic) bond motifs is 4. The molecule has 3 spiro atoms. The quantitative estimate of drug-likeness (QED) is 0.318. The van der Waals surface area contributed by atoms with Crippen LogP contribution in [-0.4, -0.2) is 31.6 Å². The molecule has 0 amide bonds. The third kappa shape index (κ3) is 1.82. The van der Waals surface area contributed by atoms with Crippen molar-refractivity contribution in [2.45, 2.75) is 38.9 Å². The van der Waals surface area contributed by atoms with Gasteiger partial charge in [-0.15, -0.1) is 0 Å². The summed E-state index contributed by atoms with van der Waals surface area (Å²) in [7, 11) is 4.35. The summed E-state index contributed by atoms with van der Waals surface area (Å²) in [6.45, 7) is 4.38. The van der Waals surface area contributed by atoms with Crippen molar-refractivity contribution in [3.05, 3.63) is 82.5 Å². The molecule has 4 aliphatic rings. The summed E-state index contributed by atoms with van der Waals surface area (Å²) in [5.74, 6) is 0.633. The zero-order chi connectivity index (χ0) is 28.3. The summed E-state index contributed by atoms with van der Waals surface area (Å²) in [4.78, 5) is 0. The standard InChI is InChI=1S/C38H34N2O2/c1-19-11-13-25-31-21(19)7-5-9-23(31)27(39(25)3)15-29-37-18-35(33(37)41)17-30-36(35,34(42)38(29,30)37)16-28-24-10-6-8-22-20(2)12-14-26(32(22)24)40(28)4/h5-16,29-30,33-34,41-42H,17-18H2,1-4H3/b27-15+,28-16+/t29?,30?,33?,34?,35?,36-,37?,38?/m0/s1. The smallest absolute Gasteiger partial charge is 0.0712 e. The van der Waals surface area contributed by atoms with Crippen molar-refractivity contribution in [1.29, 1.82) is 0 Å². The van der Waals surface area contributed by atoms with Crippen LogP contribution in [0.1, 0.15) is 24.0 Å². The molecule has 7 unspecified atom stereocenters. The largest absolute Gasteiger partial charge is 0.392 e. The fourth-order valence-corrected chi connectivity index (χ4v) is 12.4. The van der Waals surface area contributed by atoms with Gasteiger partial charge in [0.2, 0.25) is 0 Å². The van der Waals surface area contributed by atoms with Gasteiger partial charge in [-0.1, -0.05) is 60.7 Å². The van der Waals surface area contributed by atoms with Crippen LogP contribution in [0.3, 0.4) is 0 Å². The van der Waals surface area contributed by atoms with Crippen LogP contribution in [-0.2, 0) is 14.1 Å². The Balaban J connectivity index is 1.13. The maximum absolute atomic E-state index is 12.3. The highest BCUT2D eigenvalue weighted by Gasteiger charge is 3.10. The highest BCUT2D eigenvalue weighted by atomic mass is 16.3. The molecular weight excluding hydrogens is 516 g/mol. The predicted molar refractivity (Wildman–Crippen MR) is 168 cm³/mol. The number of rotatable bonds is 2. The summed E-state index contributed by atoms with van der Waals surface area (Å²) in [6, 6.07) is 22.2. The second kappa shape index (κ2) is 6.34. The van der Waals surface area contributed by atoms with E-state index in [0.29, 0.717) is 5.92 Å². The fourth-order valence-electron chi connectivity index (χ4n) is 12.4. The average Bonchev–Trinajstić information content (AvgIpc) is 3.49. The Kier molecular flexibility index (Phi) is 3.46. The van der Waals surface area contributed by atoms with E-state index in [-0.39, 0.29) is 33.7 Å². The highest BCUT2D eigenvalue weighted by molar-refractivity contribution is 6.12. The van der Waals surface area contributed by atoms with Crippen LogP contribution in [0.15, 0.2) is 60.7 Å². The molecule has 4 heteroatoms. The molecule has 2 aromatic heterocycles. The molecule has 10 rings (SSSR count). The summed E-state index contributed by atoms with van der Waals surface area (Å²) in [5.41, 5.74) is 4.19. The van der Waals surface area contributed by atoms with E-state index in [9.17, 15) is 10.2 Å². The van der Waals surface area contributed by atoms with E-state index in [1.807, 2.05) is 0 Å². The first kappa shape index (κ1) is 22.9. The van der Waals surface area contributed by atoms with E-state index in [1.54, 1.807) is 0 Å². The van der Waals surface area contributed by atoms with Crippen molar-refractivity contribution >= 4 is 55.5 Å². The number of aromatic nitrogens is 2. The first-order valence-corrected chi connectivity index (χ1v) is 15.6. The number of hydrogen-bond acceptors (Lipinski definition) is 2. The summed E-state index contributed by atoms with van der Waals surface area (Å²) in [5, 5.41) is 34.7. The number of benzene rings is 4. The molecule has 0 saturated heterocycles. The number of hydrogen-bond donors (Lipinski definition) is 2. The van der Waals surface area contributed by atoms with Crippen LogP contribution >= 0.6 is 0 Å². The van der Waals surface area contributed by atoms with Gasteiger partial charge in [0.25, 0.3) is 0 Å². The third-order valence-corrected chi connectivity index (χ3v) is 14.1. The van der Waals surface area contributed by atoms with Crippen LogP contribution < -0.4 is 10.7 Å². The van der Waals surface area contributed by atoms with Gasteiger partial charge in [-0.3, -0.25) is 0 Å². The second-order valence-electron chi connectivity index (χ2n) is 14.7. The average molecular weight is 551 g/mol. The van der Waals surface area contributed by atoms with Crippen molar-refractivity contribution in [2.75, 3.05) is 0 Å². The summed E-state index contributed by atoms with van der Waals surface area (Å²) >= 11 is 0. The Hall–Kier alpha value is -3.60. The van der Waals surface area contributed by atoms with Gasteiger partial charge < -0.3 is 19.3 Å². The summed E-state index contributed by atoms with van der Waals surface area (Å²) < 4.78 is 4.67. The molecule has 0 aliphatic heterocycles. The molecule has 4 aromatic carbocycles. The van der Waals surface area contributed by atoms with E-state index in [0.717, 1.165) is 12.8 Å². The zero-order valence-electron chi connectivity index (χ0n) is 24.4. The monoisotopic (exact) mass is 550 g/mol. The van der Waals surface area contributed by atoms with E-state index < -0.39 is 6.10 Å². The molecule has 2 heterocycles. The van der Waals surface area contributed by atoms with Crippen molar-refractivity contribution < 1.29 is 10.2 Å². The van der Waals surface area contributed by atoms with Gasteiger partial charge in [-0.25, -0.2) is 0 Å². The van der Waals surface area contributed by atoms with Crippen LogP contribution in [0.25, 0.3) is 55.5 Å². The summed E-state index contributed by atoms with van der Waals surface area (Å²) in [6.07, 6.45) is 6.20. The molecule has 42 heavy (non-hydrogen) atoms. The normalized spacial score (nSPS) is 39.7. The van der Waals surface area contributed by atoms with Crippen LogP contribution in [0.2, 0.25) is 0 Å². The van der Waals surface area contributed by atoms with Crippen molar-refractivity contribution in [3.63, 3.8) is 0 Å². The third-order valence-electron chi connectivity index (χ3n) is 14.1. The van der Waals surface area contributed by atoms with Crippen LogP contribution in [0.4, 0.5) is 0 Å². The lowest BCUT2D eigenvalue weighted by Crippen LogP contribution is -2.91. The molecule has 4 aliphatic carbocycles. The number of aryl methyl sites for hydroxylation is 4. The molecular formula is C38H34N2O2.